The molecule has 6 nitrogen and oxygen atoms in total. The third-order valence-electron chi connectivity index (χ3n) is 6.32. The molecule has 0 radical (unpaired) electrons. The second kappa shape index (κ2) is 9.92. The Balaban J connectivity index is 1.43. The predicted octanol–water partition coefficient (Wildman–Crippen LogP) is 2.81. The fraction of sp³-hybridized carbons (Fsp3) is 0.636. The number of fused-ring (bicyclic) bond motifs is 1. The molecule has 28 heavy (non-hydrogen) atoms. The molecule has 2 N–H and O–H groups in total. The topological polar surface area (TPSA) is 64.7 Å². The standard InChI is InChI=1S/C22H34N4O2/c1-3-26(4-2)20-11-9-18(10-12-20)22(28)24-23-21(27)16-25-14-13-17-7-5-6-8-19(17)15-25/h9-12,17,19H,3-8,13-16H2,1-2H3,(H,23,27)(H,24,28)/t17-,19-/m1/s1. The molecule has 2 fully saturated rings. The number of amides is 2. The van der Waals surface area contributed by atoms with Gasteiger partial charge in [0.2, 0.25) is 0 Å². The highest BCUT2D eigenvalue weighted by atomic mass is 16.2. The van der Waals surface area contributed by atoms with Gasteiger partial charge in [-0.05, 0) is 69.3 Å². The van der Waals surface area contributed by atoms with Crippen LogP contribution in [0.4, 0.5) is 5.69 Å². The summed E-state index contributed by atoms with van der Waals surface area (Å²) in [6.07, 6.45) is 6.54. The highest BCUT2D eigenvalue weighted by molar-refractivity contribution is 5.95. The zero-order valence-corrected chi connectivity index (χ0v) is 17.2. The number of likely N-dealkylation sites (tertiary alicyclic amines) is 1. The molecule has 1 heterocycles. The molecule has 3 rings (SSSR count). The summed E-state index contributed by atoms with van der Waals surface area (Å²) in [6.45, 7) is 8.41. The van der Waals surface area contributed by atoms with Crippen LogP contribution in [-0.2, 0) is 4.79 Å². The van der Waals surface area contributed by atoms with E-state index in [1.54, 1.807) is 12.1 Å². The summed E-state index contributed by atoms with van der Waals surface area (Å²) in [7, 11) is 0. The summed E-state index contributed by atoms with van der Waals surface area (Å²) >= 11 is 0. The van der Waals surface area contributed by atoms with Crippen molar-refractivity contribution in [1.29, 1.82) is 0 Å². The number of carbonyl (C=O) groups excluding carboxylic acids is 2. The van der Waals surface area contributed by atoms with E-state index in [0.717, 1.165) is 43.7 Å². The molecule has 2 amide bonds. The van der Waals surface area contributed by atoms with Crippen molar-refractivity contribution in [3.63, 3.8) is 0 Å². The van der Waals surface area contributed by atoms with Crippen LogP contribution < -0.4 is 15.8 Å². The Morgan fingerprint density at radius 3 is 2.36 bits per heavy atom. The first-order valence-electron chi connectivity index (χ1n) is 10.8. The van der Waals surface area contributed by atoms with Crippen molar-refractivity contribution >= 4 is 17.5 Å². The quantitative estimate of drug-likeness (QED) is 0.738. The third kappa shape index (κ3) is 5.25. The molecule has 6 heteroatoms. The molecule has 0 bridgehead atoms. The van der Waals surface area contributed by atoms with E-state index in [0.29, 0.717) is 12.1 Å². The molecule has 0 aromatic heterocycles. The van der Waals surface area contributed by atoms with E-state index in [1.165, 1.54) is 32.1 Å². The van der Waals surface area contributed by atoms with Crippen molar-refractivity contribution in [2.75, 3.05) is 37.6 Å². The monoisotopic (exact) mass is 386 g/mol. The minimum atomic E-state index is -0.287. The van der Waals surface area contributed by atoms with Crippen LogP contribution in [0.3, 0.4) is 0 Å². The lowest BCUT2D eigenvalue weighted by atomic mass is 9.75. The molecule has 1 aliphatic heterocycles. The minimum Gasteiger partial charge on any atom is -0.372 e. The summed E-state index contributed by atoms with van der Waals surface area (Å²) in [6, 6.07) is 7.47. The van der Waals surface area contributed by atoms with E-state index < -0.39 is 0 Å². The van der Waals surface area contributed by atoms with E-state index in [1.807, 2.05) is 12.1 Å². The number of anilines is 1. The Bertz CT molecular complexity index is 657. The Hall–Kier alpha value is -2.08. The van der Waals surface area contributed by atoms with Gasteiger partial charge in [-0.3, -0.25) is 25.3 Å². The van der Waals surface area contributed by atoms with Crippen molar-refractivity contribution in [3.8, 4) is 0 Å². The van der Waals surface area contributed by atoms with E-state index in [4.69, 9.17) is 0 Å². The second-order valence-electron chi connectivity index (χ2n) is 8.05. The van der Waals surface area contributed by atoms with Gasteiger partial charge >= 0.3 is 0 Å². The van der Waals surface area contributed by atoms with E-state index in [9.17, 15) is 9.59 Å². The maximum absolute atomic E-state index is 12.3. The largest absolute Gasteiger partial charge is 0.372 e. The van der Waals surface area contributed by atoms with Gasteiger partial charge in [-0.25, -0.2) is 0 Å². The van der Waals surface area contributed by atoms with Crippen LogP contribution in [0.15, 0.2) is 24.3 Å². The first-order chi connectivity index (χ1) is 13.6. The lowest BCUT2D eigenvalue weighted by molar-refractivity contribution is -0.123. The van der Waals surface area contributed by atoms with Crippen molar-refractivity contribution in [2.45, 2.75) is 46.0 Å². The molecule has 1 aromatic carbocycles. The zero-order valence-electron chi connectivity index (χ0n) is 17.2. The molecule has 154 valence electrons. The van der Waals surface area contributed by atoms with E-state index in [-0.39, 0.29) is 11.8 Å². The molecule has 1 saturated heterocycles. The summed E-state index contributed by atoms with van der Waals surface area (Å²) in [5.74, 6) is 1.16. The van der Waals surface area contributed by atoms with Gasteiger partial charge in [0.25, 0.3) is 11.8 Å². The number of hydrazine groups is 1. The summed E-state index contributed by atoms with van der Waals surface area (Å²) in [4.78, 5) is 29.0. The zero-order chi connectivity index (χ0) is 19.9. The number of hydrogen-bond donors (Lipinski definition) is 2. The molecule has 2 aliphatic rings. The van der Waals surface area contributed by atoms with Gasteiger partial charge in [-0.2, -0.15) is 0 Å². The van der Waals surface area contributed by atoms with Crippen molar-refractivity contribution in [3.05, 3.63) is 29.8 Å². The van der Waals surface area contributed by atoms with Crippen LogP contribution in [0.25, 0.3) is 0 Å². The Morgan fingerprint density at radius 1 is 1.00 bits per heavy atom. The first kappa shape index (κ1) is 20.6. The lowest BCUT2D eigenvalue weighted by Gasteiger charge is -2.41. The summed E-state index contributed by atoms with van der Waals surface area (Å²) < 4.78 is 0. The third-order valence-corrected chi connectivity index (χ3v) is 6.32. The van der Waals surface area contributed by atoms with Crippen LogP contribution in [0, 0.1) is 11.8 Å². The number of benzene rings is 1. The fourth-order valence-corrected chi connectivity index (χ4v) is 4.67. The smallest absolute Gasteiger partial charge is 0.269 e. The van der Waals surface area contributed by atoms with Crippen LogP contribution in [0.2, 0.25) is 0 Å². The highest BCUT2D eigenvalue weighted by Gasteiger charge is 2.31. The number of nitrogens with zero attached hydrogens (tertiary/aromatic N) is 2. The summed E-state index contributed by atoms with van der Waals surface area (Å²) in [5, 5.41) is 0. The van der Waals surface area contributed by atoms with Gasteiger partial charge < -0.3 is 4.90 Å². The van der Waals surface area contributed by atoms with E-state index in [2.05, 4.69) is 34.5 Å². The van der Waals surface area contributed by atoms with Crippen LogP contribution in [0.5, 0.6) is 0 Å². The van der Waals surface area contributed by atoms with Gasteiger partial charge in [0.1, 0.15) is 0 Å². The number of carbonyl (C=O) groups is 2. The number of hydrogen-bond acceptors (Lipinski definition) is 4. The first-order valence-corrected chi connectivity index (χ1v) is 10.8. The maximum Gasteiger partial charge on any atom is 0.269 e. The summed E-state index contributed by atoms with van der Waals surface area (Å²) in [5.41, 5.74) is 6.75. The molecule has 1 saturated carbocycles. The molecular weight excluding hydrogens is 352 g/mol. The average molecular weight is 387 g/mol. The molecule has 1 aromatic rings. The van der Waals surface area contributed by atoms with E-state index >= 15 is 0 Å². The van der Waals surface area contributed by atoms with Gasteiger partial charge in [0, 0.05) is 30.9 Å². The van der Waals surface area contributed by atoms with Crippen molar-refractivity contribution in [1.82, 2.24) is 15.8 Å². The molecule has 0 unspecified atom stereocenters. The van der Waals surface area contributed by atoms with Crippen LogP contribution in [0.1, 0.15) is 56.3 Å². The average Bonchev–Trinajstić information content (AvgIpc) is 2.73. The highest BCUT2D eigenvalue weighted by Crippen LogP contribution is 2.35. The van der Waals surface area contributed by atoms with Crippen molar-refractivity contribution < 1.29 is 9.59 Å². The maximum atomic E-state index is 12.3. The number of piperidine rings is 1. The van der Waals surface area contributed by atoms with Crippen molar-refractivity contribution in [2.24, 2.45) is 11.8 Å². The Labute approximate surface area is 168 Å². The van der Waals surface area contributed by atoms with Gasteiger partial charge in [-0.1, -0.05) is 19.3 Å². The Morgan fingerprint density at radius 2 is 1.68 bits per heavy atom. The van der Waals surface area contributed by atoms with Crippen LogP contribution >= 0.6 is 0 Å². The van der Waals surface area contributed by atoms with Gasteiger partial charge in [0.15, 0.2) is 0 Å². The second-order valence-corrected chi connectivity index (χ2v) is 8.05. The fourth-order valence-electron chi connectivity index (χ4n) is 4.67. The normalized spacial score (nSPS) is 22.2. The SMILES string of the molecule is CCN(CC)c1ccc(C(=O)NNC(=O)CN2CC[C@H]3CCCC[C@@H]3C2)cc1. The lowest BCUT2D eigenvalue weighted by Crippen LogP contribution is -2.49. The number of nitrogens with one attached hydrogen (secondary N) is 2. The van der Waals surface area contributed by atoms with Gasteiger partial charge in [-0.15, -0.1) is 0 Å². The Kier molecular flexibility index (Phi) is 7.31. The van der Waals surface area contributed by atoms with Gasteiger partial charge in [0.05, 0.1) is 6.54 Å². The predicted molar refractivity (Wildman–Crippen MR) is 112 cm³/mol. The molecule has 2 atom stereocenters. The van der Waals surface area contributed by atoms with Crippen LogP contribution in [-0.4, -0.2) is 49.4 Å². The molecular formula is C22H34N4O2. The minimum absolute atomic E-state index is 0.151. The molecule has 1 aliphatic carbocycles. The number of rotatable bonds is 6. The molecule has 0 spiro atoms.